The molecule has 1 aliphatic rings. The summed E-state index contributed by atoms with van der Waals surface area (Å²) in [5.41, 5.74) is 1.25. The van der Waals surface area contributed by atoms with Gasteiger partial charge in [0.15, 0.2) is 5.82 Å². The smallest absolute Gasteiger partial charge is 0.234 e. The molecule has 0 atom stereocenters. The van der Waals surface area contributed by atoms with Gasteiger partial charge in [-0.05, 0) is 24.8 Å². The van der Waals surface area contributed by atoms with Crippen molar-refractivity contribution in [2.24, 2.45) is 5.92 Å². The minimum absolute atomic E-state index is 0.234. The molecule has 0 bridgehead atoms. The molecule has 0 N–H and O–H groups in total. The van der Waals surface area contributed by atoms with Crippen molar-refractivity contribution in [2.45, 2.75) is 32.1 Å². The van der Waals surface area contributed by atoms with Gasteiger partial charge in [0.1, 0.15) is 5.78 Å². The fourth-order valence-electron chi connectivity index (χ4n) is 2.06. The monoisotopic (exact) mass is 256 g/mol. The number of hydrogen-bond donors (Lipinski definition) is 0. The van der Waals surface area contributed by atoms with E-state index < -0.39 is 0 Å². The van der Waals surface area contributed by atoms with Crippen LogP contribution in [-0.4, -0.2) is 15.9 Å². The zero-order chi connectivity index (χ0) is 13.1. The molecule has 4 nitrogen and oxygen atoms in total. The average Bonchev–Trinajstić information content (AvgIpc) is 3.20. The molecule has 0 radical (unpaired) electrons. The number of Topliss-reactive ketones (excluding diaryl/α,β-unsaturated/α-hetero) is 1. The molecule has 0 unspecified atom stereocenters. The second-order valence-electron chi connectivity index (χ2n) is 5.01. The van der Waals surface area contributed by atoms with Gasteiger partial charge in [-0.3, -0.25) is 4.79 Å². The summed E-state index contributed by atoms with van der Waals surface area (Å²) in [6.07, 6.45) is 3.96. The summed E-state index contributed by atoms with van der Waals surface area (Å²) in [4.78, 5) is 15.9. The van der Waals surface area contributed by atoms with E-state index >= 15 is 0 Å². The molecule has 4 heteroatoms. The van der Waals surface area contributed by atoms with Crippen molar-refractivity contribution in [1.82, 2.24) is 10.1 Å². The molecule has 1 aliphatic carbocycles. The summed E-state index contributed by atoms with van der Waals surface area (Å²) < 4.78 is 5.12. The molecule has 0 saturated heterocycles. The molecule has 2 aromatic rings. The lowest BCUT2D eigenvalue weighted by molar-refractivity contribution is -0.119. The molecule has 0 spiro atoms. The van der Waals surface area contributed by atoms with Crippen LogP contribution in [0, 0.1) is 5.92 Å². The highest BCUT2D eigenvalue weighted by Gasteiger charge is 2.30. The molecule has 1 fully saturated rings. The van der Waals surface area contributed by atoms with Gasteiger partial charge in [-0.25, -0.2) is 0 Å². The number of aromatic nitrogens is 2. The number of carbonyl (C=O) groups excluding carboxylic acids is 1. The highest BCUT2D eigenvalue weighted by molar-refractivity contribution is 5.84. The Labute approximate surface area is 111 Å². The molecular weight excluding hydrogens is 240 g/mol. The normalized spacial score (nSPS) is 14.5. The first-order chi connectivity index (χ1) is 9.31. The van der Waals surface area contributed by atoms with Crippen LogP contribution in [0.15, 0.2) is 34.9 Å². The summed E-state index contributed by atoms with van der Waals surface area (Å²) in [6.45, 7) is 0. The van der Waals surface area contributed by atoms with Crippen LogP contribution in [-0.2, 0) is 24.1 Å². The summed E-state index contributed by atoms with van der Waals surface area (Å²) in [5.74, 6) is 1.63. The topological polar surface area (TPSA) is 56.0 Å². The van der Waals surface area contributed by atoms with Crippen LogP contribution < -0.4 is 0 Å². The maximum Gasteiger partial charge on any atom is 0.234 e. The van der Waals surface area contributed by atoms with Crippen LogP contribution in [0.25, 0.3) is 0 Å². The van der Waals surface area contributed by atoms with Gasteiger partial charge in [0.25, 0.3) is 0 Å². The van der Waals surface area contributed by atoms with Gasteiger partial charge in [0.2, 0.25) is 5.89 Å². The van der Waals surface area contributed by atoms with E-state index in [0.29, 0.717) is 18.1 Å². The number of carbonyl (C=O) groups is 1. The summed E-state index contributed by atoms with van der Waals surface area (Å²) in [6, 6.07) is 10.2. The largest absolute Gasteiger partial charge is 0.339 e. The Morgan fingerprint density at radius 3 is 2.74 bits per heavy atom. The van der Waals surface area contributed by atoms with Gasteiger partial charge >= 0.3 is 0 Å². The number of hydrogen-bond acceptors (Lipinski definition) is 4. The lowest BCUT2D eigenvalue weighted by atomic mass is 10.1. The maximum absolute atomic E-state index is 11.6. The number of aryl methyl sites for hydroxylation is 2. The van der Waals surface area contributed by atoms with E-state index in [4.69, 9.17) is 4.52 Å². The number of ketones is 1. The highest BCUT2D eigenvalue weighted by Crippen LogP contribution is 2.30. The molecule has 1 saturated carbocycles. The van der Waals surface area contributed by atoms with Gasteiger partial charge in [0, 0.05) is 12.3 Å². The van der Waals surface area contributed by atoms with Gasteiger partial charge in [-0.15, -0.1) is 0 Å². The van der Waals surface area contributed by atoms with Crippen LogP contribution in [0.2, 0.25) is 0 Å². The zero-order valence-electron chi connectivity index (χ0n) is 10.7. The molecule has 98 valence electrons. The van der Waals surface area contributed by atoms with Crippen molar-refractivity contribution >= 4 is 5.78 Å². The van der Waals surface area contributed by atoms with E-state index in [1.54, 1.807) is 0 Å². The van der Waals surface area contributed by atoms with Crippen LogP contribution >= 0.6 is 0 Å². The van der Waals surface area contributed by atoms with Crippen LogP contribution in [0.4, 0.5) is 0 Å². The van der Waals surface area contributed by atoms with E-state index in [1.165, 1.54) is 5.56 Å². The van der Waals surface area contributed by atoms with Gasteiger partial charge in [-0.1, -0.05) is 35.5 Å². The molecule has 3 rings (SSSR count). The molecule has 0 aliphatic heterocycles. The maximum atomic E-state index is 11.6. The third kappa shape index (κ3) is 3.28. The fraction of sp³-hybridized carbons (Fsp3) is 0.400. The summed E-state index contributed by atoms with van der Waals surface area (Å²) in [5, 5.41) is 3.93. The Balaban J connectivity index is 1.54. The summed E-state index contributed by atoms with van der Waals surface area (Å²) in [7, 11) is 0. The first-order valence-electron chi connectivity index (χ1n) is 6.69. The standard InChI is InChI=1S/C15H16N2O2/c18-13(12-7-8-12)10-15-16-14(17-19-15)9-6-11-4-2-1-3-5-11/h1-5,12H,6-10H2. The Hall–Kier alpha value is -1.97. The molecule has 19 heavy (non-hydrogen) atoms. The van der Waals surface area contributed by atoms with Crippen LogP contribution in [0.1, 0.15) is 30.1 Å². The fourth-order valence-corrected chi connectivity index (χ4v) is 2.06. The zero-order valence-corrected chi connectivity index (χ0v) is 10.7. The van der Waals surface area contributed by atoms with E-state index in [1.807, 2.05) is 18.2 Å². The predicted molar refractivity (Wildman–Crippen MR) is 69.6 cm³/mol. The SMILES string of the molecule is O=C(Cc1nc(CCc2ccccc2)no1)C1CC1. The summed E-state index contributed by atoms with van der Waals surface area (Å²) >= 11 is 0. The van der Waals surface area contributed by atoms with E-state index in [0.717, 1.165) is 25.7 Å². The van der Waals surface area contributed by atoms with Gasteiger partial charge < -0.3 is 4.52 Å². The first-order valence-corrected chi connectivity index (χ1v) is 6.69. The van der Waals surface area contributed by atoms with Gasteiger partial charge in [0.05, 0.1) is 6.42 Å². The molecule has 1 aromatic carbocycles. The Kier molecular flexibility index (Phi) is 3.40. The number of nitrogens with zero attached hydrogens (tertiary/aromatic N) is 2. The van der Waals surface area contributed by atoms with E-state index in [2.05, 4.69) is 22.3 Å². The first kappa shape index (κ1) is 12.1. The van der Waals surface area contributed by atoms with Crippen molar-refractivity contribution in [3.8, 4) is 0 Å². The Morgan fingerprint density at radius 2 is 2.00 bits per heavy atom. The molecule has 0 amide bonds. The second-order valence-corrected chi connectivity index (χ2v) is 5.01. The highest BCUT2D eigenvalue weighted by atomic mass is 16.5. The number of benzene rings is 1. The number of rotatable bonds is 6. The van der Waals surface area contributed by atoms with Crippen molar-refractivity contribution in [2.75, 3.05) is 0 Å². The van der Waals surface area contributed by atoms with Crippen LogP contribution in [0.5, 0.6) is 0 Å². The van der Waals surface area contributed by atoms with E-state index in [-0.39, 0.29) is 11.7 Å². The minimum Gasteiger partial charge on any atom is -0.339 e. The lowest BCUT2D eigenvalue weighted by Gasteiger charge is -1.96. The van der Waals surface area contributed by atoms with Crippen LogP contribution in [0.3, 0.4) is 0 Å². The van der Waals surface area contributed by atoms with E-state index in [9.17, 15) is 4.79 Å². The van der Waals surface area contributed by atoms with Crippen molar-refractivity contribution < 1.29 is 9.32 Å². The molecule has 1 aromatic heterocycles. The third-order valence-corrected chi connectivity index (χ3v) is 3.35. The Bertz CT molecular complexity index is 559. The molecule has 1 heterocycles. The van der Waals surface area contributed by atoms with Crippen molar-refractivity contribution in [1.29, 1.82) is 0 Å². The molecular formula is C15H16N2O2. The second kappa shape index (κ2) is 5.34. The Morgan fingerprint density at radius 1 is 1.21 bits per heavy atom. The quantitative estimate of drug-likeness (QED) is 0.796. The van der Waals surface area contributed by atoms with Crippen molar-refractivity contribution in [3.05, 3.63) is 47.6 Å². The average molecular weight is 256 g/mol. The minimum atomic E-state index is 0.234. The van der Waals surface area contributed by atoms with Gasteiger partial charge in [-0.2, -0.15) is 4.98 Å². The third-order valence-electron chi connectivity index (χ3n) is 3.35. The predicted octanol–water partition coefficient (Wildman–Crippen LogP) is 2.38. The lowest BCUT2D eigenvalue weighted by Crippen LogP contribution is -2.05. The van der Waals surface area contributed by atoms with Crippen molar-refractivity contribution in [3.63, 3.8) is 0 Å².